The van der Waals surface area contributed by atoms with Gasteiger partial charge in [-0.1, -0.05) is 74.1 Å². The fourth-order valence-corrected chi connectivity index (χ4v) is 8.93. The Bertz CT molecular complexity index is 1330. The number of fused-ring (bicyclic) bond motifs is 1. The van der Waals surface area contributed by atoms with Crippen LogP contribution in [0.3, 0.4) is 0 Å². The number of rotatable bonds is 7. The Morgan fingerprint density at radius 2 is 1.69 bits per heavy atom. The number of aliphatic imine (C=N–C) groups is 1. The second-order valence-corrected chi connectivity index (χ2v) is 14.3. The van der Waals surface area contributed by atoms with E-state index in [1.54, 1.807) is 20.8 Å². The van der Waals surface area contributed by atoms with E-state index in [2.05, 4.69) is 24.2 Å². The quantitative estimate of drug-likeness (QED) is 0.520. The van der Waals surface area contributed by atoms with Crippen molar-refractivity contribution in [1.82, 2.24) is 5.32 Å². The molecule has 210 valence electrons. The summed E-state index contributed by atoms with van der Waals surface area (Å²) < 4.78 is 30.6. The van der Waals surface area contributed by atoms with Crippen molar-refractivity contribution in [3.63, 3.8) is 0 Å². The van der Waals surface area contributed by atoms with Crippen LogP contribution in [0.1, 0.15) is 51.3 Å². The molecule has 2 aromatic rings. The number of sulfone groups is 1. The number of hydrogen-bond donors (Lipinski definition) is 1. The molecule has 0 aliphatic carbocycles. The number of amides is 2. The molecular weight excluding hydrogens is 534 g/mol. The zero-order valence-corrected chi connectivity index (χ0v) is 24.8. The van der Waals surface area contributed by atoms with Crippen LogP contribution >= 0.6 is 11.8 Å². The molecule has 0 bridgehead atoms. The molecular formula is C29H37N3O5S2. The minimum atomic E-state index is -3.20. The van der Waals surface area contributed by atoms with Crippen LogP contribution in [-0.2, 0) is 38.6 Å². The van der Waals surface area contributed by atoms with Crippen molar-refractivity contribution in [2.24, 2.45) is 4.99 Å². The summed E-state index contributed by atoms with van der Waals surface area (Å²) in [6.07, 6.45) is 1.06. The van der Waals surface area contributed by atoms with Gasteiger partial charge in [-0.05, 0) is 50.3 Å². The molecule has 0 radical (unpaired) electrons. The predicted octanol–water partition coefficient (Wildman–Crippen LogP) is 4.55. The Kier molecular flexibility index (Phi) is 8.75. The monoisotopic (exact) mass is 571 g/mol. The summed E-state index contributed by atoms with van der Waals surface area (Å²) in [4.78, 5) is 32.9. The molecule has 2 fully saturated rings. The molecule has 2 amide bonds. The van der Waals surface area contributed by atoms with Crippen molar-refractivity contribution in [1.29, 1.82) is 0 Å². The largest absolute Gasteiger partial charge is 0.444 e. The van der Waals surface area contributed by atoms with Crippen LogP contribution in [0.15, 0.2) is 53.5 Å². The maximum atomic E-state index is 13.7. The van der Waals surface area contributed by atoms with E-state index in [9.17, 15) is 18.0 Å². The second kappa shape index (κ2) is 11.7. The standard InChI is InChI=1S/C29H37N3O5S2/c1-6-20-14-11-15-21(7-2)25(20)32-23-17-39(35,36)18-24(23)38-27(32)31-26(33)22(16-19-12-9-8-10-13-19)30-28(34)37-29(3,4)5/h8-15,22-24H,6-7,16-18H2,1-5H3,(H,30,34)/t22-,23+,24+/m0/s1. The number of alkyl carbamates (subject to hydrolysis) is 1. The third-order valence-electron chi connectivity index (χ3n) is 6.75. The lowest BCUT2D eigenvalue weighted by atomic mass is 10.0. The van der Waals surface area contributed by atoms with Gasteiger partial charge in [-0.15, -0.1) is 0 Å². The molecule has 8 nitrogen and oxygen atoms in total. The fourth-order valence-electron chi connectivity index (χ4n) is 5.02. The summed E-state index contributed by atoms with van der Waals surface area (Å²) >= 11 is 1.34. The Labute approximate surface area is 235 Å². The number of aryl methyl sites for hydroxylation is 2. The summed E-state index contributed by atoms with van der Waals surface area (Å²) in [6, 6.07) is 14.2. The summed E-state index contributed by atoms with van der Waals surface area (Å²) in [7, 11) is -3.20. The number of carbonyl (C=O) groups excluding carboxylic acids is 2. The minimum Gasteiger partial charge on any atom is -0.444 e. The van der Waals surface area contributed by atoms with Gasteiger partial charge in [0.1, 0.15) is 11.6 Å². The highest BCUT2D eigenvalue weighted by molar-refractivity contribution is 8.16. The van der Waals surface area contributed by atoms with Crippen LogP contribution in [0.4, 0.5) is 10.5 Å². The summed E-state index contributed by atoms with van der Waals surface area (Å²) in [5.41, 5.74) is 3.24. The molecule has 0 unspecified atom stereocenters. The van der Waals surface area contributed by atoms with Crippen molar-refractivity contribution in [2.45, 2.75) is 76.8 Å². The number of benzene rings is 2. The highest BCUT2D eigenvalue weighted by Gasteiger charge is 2.50. The third-order valence-corrected chi connectivity index (χ3v) is 9.96. The van der Waals surface area contributed by atoms with Gasteiger partial charge >= 0.3 is 6.09 Å². The Morgan fingerprint density at radius 1 is 1.05 bits per heavy atom. The summed E-state index contributed by atoms with van der Waals surface area (Å²) in [6.45, 7) is 9.41. The van der Waals surface area contributed by atoms with Gasteiger partial charge < -0.3 is 15.0 Å². The van der Waals surface area contributed by atoms with Gasteiger partial charge in [0.15, 0.2) is 15.0 Å². The van der Waals surface area contributed by atoms with E-state index in [1.165, 1.54) is 11.8 Å². The lowest BCUT2D eigenvalue weighted by molar-refractivity contribution is -0.119. The van der Waals surface area contributed by atoms with Gasteiger partial charge in [0.05, 0.1) is 17.5 Å². The van der Waals surface area contributed by atoms with Gasteiger partial charge in [-0.25, -0.2) is 13.2 Å². The van der Waals surface area contributed by atoms with Crippen LogP contribution in [0, 0.1) is 0 Å². The summed E-state index contributed by atoms with van der Waals surface area (Å²) in [5, 5.41) is 2.97. The van der Waals surface area contributed by atoms with E-state index in [1.807, 2.05) is 53.4 Å². The zero-order chi connectivity index (χ0) is 28.4. The Hall–Kier alpha value is -2.85. The number of carbonyl (C=O) groups is 2. The van der Waals surface area contributed by atoms with Gasteiger partial charge in [0.2, 0.25) is 0 Å². The molecule has 2 heterocycles. The van der Waals surface area contributed by atoms with Crippen molar-refractivity contribution in [3.05, 3.63) is 65.2 Å². The Morgan fingerprint density at radius 3 is 2.28 bits per heavy atom. The first-order valence-corrected chi connectivity index (χ1v) is 16.0. The molecule has 1 N–H and O–H groups in total. The number of nitrogens with one attached hydrogen (secondary N) is 1. The molecule has 0 spiro atoms. The molecule has 0 saturated carbocycles. The molecule has 39 heavy (non-hydrogen) atoms. The number of amidine groups is 1. The third kappa shape index (κ3) is 7.03. The molecule has 2 aromatic carbocycles. The first kappa shape index (κ1) is 29.1. The number of para-hydroxylation sites is 1. The fraction of sp³-hybridized carbons (Fsp3) is 0.483. The van der Waals surface area contributed by atoms with Crippen LogP contribution in [0.5, 0.6) is 0 Å². The maximum absolute atomic E-state index is 13.7. The van der Waals surface area contributed by atoms with Gasteiger partial charge in [-0.2, -0.15) is 4.99 Å². The van der Waals surface area contributed by atoms with Crippen molar-refractivity contribution in [2.75, 3.05) is 16.4 Å². The molecule has 2 aliphatic rings. The van der Waals surface area contributed by atoms with Gasteiger partial charge in [0, 0.05) is 17.4 Å². The van der Waals surface area contributed by atoms with Crippen molar-refractivity contribution < 1.29 is 22.7 Å². The number of nitrogens with zero attached hydrogens (tertiary/aromatic N) is 2. The highest BCUT2D eigenvalue weighted by Crippen LogP contribution is 2.43. The minimum absolute atomic E-state index is 0.0166. The smallest absolute Gasteiger partial charge is 0.408 e. The van der Waals surface area contributed by atoms with Crippen LogP contribution in [0.2, 0.25) is 0 Å². The SMILES string of the molecule is CCc1cccc(CC)c1N1C(=NC(=O)[C@H](Cc2ccccc2)NC(=O)OC(C)(C)C)S[C@@H]2CS(=O)(=O)C[C@H]21. The highest BCUT2D eigenvalue weighted by atomic mass is 32.2. The Balaban J connectivity index is 1.73. The van der Waals surface area contributed by atoms with E-state index < -0.39 is 33.5 Å². The topological polar surface area (TPSA) is 105 Å². The zero-order valence-electron chi connectivity index (χ0n) is 23.1. The van der Waals surface area contributed by atoms with Crippen molar-refractivity contribution in [3.8, 4) is 0 Å². The number of thioether (sulfide) groups is 1. The predicted molar refractivity (Wildman–Crippen MR) is 157 cm³/mol. The lowest BCUT2D eigenvalue weighted by Gasteiger charge is -2.29. The summed E-state index contributed by atoms with van der Waals surface area (Å²) in [5.74, 6) is -0.444. The first-order valence-electron chi connectivity index (χ1n) is 13.3. The van der Waals surface area contributed by atoms with E-state index in [4.69, 9.17) is 4.74 Å². The number of ether oxygens (including phenoxy) is 1. The van der Waals surface area contributed by atoms with Crippen LogP contribution in [0.25, 0.3) is 0 Å². The maximum Gasteiger partial charge on any atom is 0.408 e. The molecule has 0 aromatic heterocycles. The normalized spacial score (nSPS) is 22.0. The average Bonchev–Trinajstić information content (AvgIpc) is 3.32. The molecule has 2 aliphatic heterocycles. The molecule has 4 rings (SSSR count). The lowest BCUT2D eigenvalue weighted by Crippen LogP contribution is -2.45. The van der Waals surface area contributed by atoms with Crippen LogP contribution in [-0.4, -0.2) is 60.0 Å². The molecule has 10 heteroatoms. The number of anilines is 1. The van der Waals surface area contributed by atoms with E-state index in [-0.39, 0.29) is 29.2 Å². The second-order valence-electron chi connectivity index (χ2n) is 10.9. The number of hydrogen-bond acceptors (Lipinski definition) is 6. The van der Waals surface area contributed by atoms with Gasteiger partial charge in [-0.3, -0.25) is 4.79 Å². The van der Waals surface area contributed by atoms with E-state index in [0.717, 1.165) is 35.2 Å². The molecule has 2 saturated heterocycles. The first-order chi connectivity index (χ1) is 18.4. The van der Waals surface area contributed by atoms with E-state index in [0.29, 0.717) is 5.17 Å². The van der Waals surface area contributed by atoms with Gasteiger partial charge in [0.25, 0.3) is 5.91 Å². The van der Waals surface area contributed by atoms with Crippen molar-refractivity contribution >= 4 is 44.5 Å². The van der Waals surface area contributed by atoms with Crippen LogP contribution < -0.4 is 10.2 Å². The average molecular weight is 572 g/mol. The van der Waals surface area contributed by atoms with E-state index >= 15 is 0 Å². The molecule has 3 atom stereocenters.